The highest BCUT2D eigenvalue weighted by molar-refractivity contribution is 7.07. The molecule has 1 aromatic heterocycles. The van der Waals surface area contributed by atoms with Crippen molar-refractivity contribution >= 4 is 17.2 Å². The van der Waals surface area contributed by atoms with Gasteiger partial charge >= 0.3 is 0 Å². The Labute approximate surface area is 130 Å². The van der Waals surface area contributed by atoms with E-state index in [4.69, 9.17) is 0 Å². The van der Waals surface area contributed by atoms with E-state index in [1.807, 2.05) is 32.3 Å². The molecule has 0 spiro atoms. The van der Waals surface area contributed by atoms with Crippen molar-refractivity contribution in [2.45, 2.75) is 18.9 Å². The zero-order chi connectivity index (χ0) is 15.1. The summed E-state index contributed by atoms with van der Waals surface area (Å²) in [6.07, 6.45) is 1.32. The highest BCUT2D eigenvalue weighted by Crippen LogP contribution is 2.19. The smallest absolute Gasteiger partial charge is 0.220 e. The molecule has 2 aromatic rings. The number of rotatable bonds is 7. The fraction of sp³-hybridized carbons (Fsp3) is 0.353. The SMILES string of the molecule is CN(C)[C@@H](CNC(=O)CCc1ccccc1)c1ccsc1. The molecule has 1 heterocycles. The lowest BCUT2D eigenvalue weighted by atomic mass is 10.1. The summed E-state index contributed by atoms with van der Waals surface area (Å²) in [7, 11) is 4.08. The van der Waals surface area contributed by atoms with Gasteiger partial charge < -0.3 is 10.2 Å². The summed E-state index contributed by atoms with van der Waals surface area (Å²) in [5.74, 6) is 0.112. The minimum absolute atomic E-state index is 0.112. The van der Waals surface area contributed by atoms with Crippen molar-refractivity contribution in [1.82, 2.24) is 10.2 Å². The Morgan fingerprint density at radius 2 is 2.00 bits per heavy atom. The molecule has 0 saturated carbocycles. The largest absolute Gasteiger partial charge is 0.354 e. The average molecular weight is 302 g/mol. The standard InChI is InChI=1S/C17H22N2OS/c1-19(2)16(15-10-11-21-13-15)12-18-17(20)9-8-14-6-4-3-5-7-14/h3-7,10-11,13,16H,8-9,12H2,1-2H3,(H,18,20)/t16-/m0/s1. The van der Waals surface area contributed by atoms with Gasteiger partial charge in [-0.1, -0.05) is 30.3 Å². The fourth-order valence-electron chi connectivity index (χ4n) is 2.26. The molecule has 0 saturated heterocycles. The zero-order valence-corrected chi connectivity index (χ0v) is 13.4. The fourth-order valence-corrected chi connectivity index (χ4v) is 2.97. The van der Waals surface area contributed by atoms with Gasteiger partial charge in [0.15, 0.2) is 0 Å². The van der Waals surface area contributed by atoms with Crippen LogP contribution in [0.25, 0.3) is 0 Å². The quantitative estimate of drug-likeness (QED) is 0.852. The summed E-state index contributed by atoms with van der Waals surface area (Å²) in [5, 5.41) is 7.26. The van der Waals surface area contributed by atoms with E-state index in [0.717, 1.165) is 6.42 Å². The van der Waals surface area contributed by atoms with E-state index < -0.39 is 0 Å². The summed E-state index contributed by atoms with van der Waals surface area (Å²) in [4.78, 5) is 14.1. The first kappa shape index (κ1) is 15.7. The van der Waals surface area contributed by atoms with Crippen LogP contribution in [-0.4, -0.2) is 31.4 Å². The topological polar surface area (TPSA) is 32.3 Å². The Bertz CT molecular complexity index is 537. The van der Waals surface area contributed by atoms with Gasteiger partial charge in [0.05, 0.1) is 6.04 Å². The first-order valence-corrected chi connectivity index (χ1v) is 8.10. The van der Waals surface area contributed by atoms with E-state index >= 15 is 0 Å². The van der Waals surface area contributed by atoms with Crippen molar-refractivity contribution < 1.29 is 4.79 Å². The van der Waals surface area contributed by atoms with Crippen molar-refractivity contribution in [3.05, 3.63) is 58.3 Å². The van der Waals surface area contributed by atoms with Crippen LogP contribution >= 0.6 is 11.3 Å². The predicted molar refractivity (Wildman–Crippen MR) is 88.5 cm³/mol. The number of amides is 1. The molecule has 112 valence electrons. The molecule has 21 heavy (non-hydrogen) atoms. The Morgan fingerprint density at radius 1 is 1.24 bits per heavy atom. The summed E-state index contributed by atoms with van der Waals surface area (Å²) >= 11 is 1.69. The number of hydrogen-bond acceptors (Lipinski definition) is 3. The molecular weight excluding hydrogens is 280 g/mol. The third kappa shape index (κ3) is 4.99. The van der Waals surface area contributed by atoms with Crippen molar-refractivity contribution in [3.8, 4) is 0 Å². The highest BCUT2D eigenvalue weighted by atomic mass is 32.1. The molecule has 1 N–H and O–H groups in total. The van der Waals surface area contributed by atoms with Gasteiger partial charge in [0.25, 0.3) is 0 Å². The summed E-state index contributed by atoms with van der Waals surface area (Å²) < 4.78 is 0. The molecule has 0 fully saturated rings. The van der Waals surface area contributed by atoms with E-state index in [2.05, 4.69) is 39.2 Å². The zero-order valence-electron chi connectivity index (χ0n) is 12.6. The molecule has 0 unspecified atom stereocenters. The van der Waals surface area contributed by atoms with Crippen LogP contribution in [0.15, 0.2) is 47.2 Å². The van der Waals surface area contributed by atoms with Crippen LogP contribution in [0, 0.1) is 0 Å². The van der Waals surface area contributed by atoms with Crippen LogP contribution in [0.5, 0.6) is 0 Å². The summed E-state index contributed by atoms with van der Waals surface area (Å²) in [5.41, 5.74) is 2.46. The minimum atomic E-state index is 0.112. The molecule has 0 aliphatic carbocycles. The lowest BCUT2D eigenvalue weighted by Gasteiger charge is -2.24. The number of carbonyl (C=O) groups is 1. The average Bonchev–Trinajstić information content (AvgIpc) is 3.00. The van der Waals surface area contributed by atoms with Gasteiger partial charge in [-0.25, -0.2) is 0 Å². The lowest BCUT2D eigenvalue weighted by molar-refractivity contribution is -0.121. The minimum Gasteiger partial charge on any atom is -0.354 e. The summed E-state index contributed by atoms with van der Waals surface area (Å²) in [6.45, 7) is 0.650. The van der Waals surface area contributed by atoms with Gasteiger partial charge in [-0.3, -0.25) is 4.79 Å². The second-order valence-corrected chi connectivity index (χ2v) is 6.11. The lowest BCUT2D eigenvalue weighted by Crippen LogP contribution is -2.34. The van der Waals surface area contributed by atoms with Crippen LogP contribution in [-0.2, 0) is 11.2 Å². The van der Waals surface area contributed by atoms with Crippen molar-refractivity contribution in [1.29, 1.82) is 0 Å². The molecule has 0 radical (unpaired) electrons. The number of carbonyl (C=O) groups excluding carboxylic acids is 1. The molecule has 0 aliphatic heterocycles. The van der Waals surface area contributed by atoms with E-state index in [-0.39, 0.29) is 11.9 Å². The second-order valence-electron chi connectivity index (χ2n) is 5.33. The molecule has 3 nitrogen and oxygen atoms in total. The van der Waals surface area contributed by atoms with Gasteiger partial charge in [-0.15, -0.1) is 0 Å². The maximum absolute atomic E-state index is 12.0. The van der Waals surface area contributed by atoms with Crippen LogP contribution in [0.3, 0.4) is 0 Å². The van der Waals surface area contributed by atoms with Gasteiger partial charge in [0.2, 0.25) is 5.91 Å². The predicted octanol–water partition coefficient (Wildman–Crippen LogP) is 3.10. The van der Waals surface area contributed by atoms with Crippen molar-refractivity contribution in [2.75, 3.05) is 20.6 Å². The maximum atomic E-state index is 12.0. The molecule has 1 amide bonds. The number of nitrogens with one attached hydrogen (secondary N) is 1. The molecule has 1 atom stereocenters. The number of aryl methyl sites for hydroxylation is 1. The Morgan fingerprint density at radius 3 is 2.62 bits per heavy atom. The van der Waals surface area contributed by atoms with Crippen LogP contribution < -0.4 is 5.32 Å². The Kier molecular flexibility index (Phi) is 5.96. The van der Waals surface area contributed by atoms with Crippen LogP contribution in [0.1, 0.15) is 23.6 Å². The van der Waals surface area contributed by atoms with Gasteiger partial charge in [-0.05, 0) is 48.5 Å². The van der Waals surface area contributed by atoms with Gasteiger partial charge in [0, 0.05) is 13.0 Å². The number of hydrogen-bond donors (Lipinski definition) is 1. The molecule has 0 bridgehead atoms. The molecule has 4 heteroatoms. The number of thiophene rings is 1. The molecule has 2 rings (SSSR count). The Hall–Kier alpha value is -1.65. The first-order valence-electron chi connectivity index (χ1n) is 7.16. The van der Waals surface area contributed by atoms with Crippen LogP contribution in [0.2, 0.25) is 0 Å². The number of nitrogens with zero attached hydrogens (tertiary/aromatic N) is 1. The normalized spacial score (nSPS) is 12.3. The number of likely N-dealkylation sites (N-methyl/N-ethyl adjacent to an activating group) is 1. The maximum Gasteiger partial charge on any atom is 0.220 e. The molecular formula is C17H22N2OS. The second kappa shape index (κ2) is 7.96. The third-order valence-corrected chi connectivity index (χ3v) is 4.23. The van der Waals surface area contributed by atoms with E-state index in [1.165, 1.54) is 11.1 Å². The monoisotopic (exact) mass is 302 g/mol. The van der Waals surface area contributed by atoms with Crippen molar-refractivity contribution in [3.63, 3.8) is 0 Å². The van der Waals surface area contributed by atoms with Gasteiger partial charge in [-0.2, -0.15) is 11.3 Å². The van der Waals surface area contributed by atoms with E-state index in [1.54, 1.807) is 11.3 Å². The van der Waals surface area contributed by atoms with Gasteiger partial charge in [0.1, 0.15) is 0 Å². The first-order chi connectivity index (χ1) is 10.2. The van der Waals surface area contributed by atoms with Crippen molar-refractivity contribution in [2.24, 2.45) is 0 Å². The summed E-state index contributed by atoms with van der Waals surface area (Å²) in [6, 6.07) is 12.5. The third-order valence-electron chi connectivity index (χ3n) is 3.53. The molecule has 1 aromatic carbocycles. The van der Waals surface area contributed by atoms with E-state index in [0.29, 0.717) is 13.0 Å². The Balaban J connectivity index is 1.80. The highest BCUT2D eigenvalue weighted by Gasteiger charge is 2.15. The van der Waals surface area contributed by atoms with E-state index in [9.17, 15) is 4.79 Å². The molecule has 0 aliphatic rings. The number of benzene rings is 1. The van der Waals surface area contributed by atoms with Crippen LogP contribution in [0.4, 0.5) is 0 Å².